The molecule has 9 heteroatoms. The van der Waals surface area contributed by atoms with E-state index in [-0.39, 0.29) is 12.5 Å². The Morgan fingerprint density at radius 2 is 2.29 bits per heavy atom. The van der Waals surface area contributed by atoms with E-state index < -0.39 is 5.60 Å². The minimum absolute atomic E-state index is 0.0681. The van der Waals surface area contributed by atoms with Gasteiger partial charge in [-0.25, -0.2) is 9.97 Å². The van der Waals surface area contributed by atoms with Gasteiger partial charge in [0, 0.05) is 45.0 Å². The summed E-state index contributed by atoms with van der Waals surface area (Å²) in [5, 5.41) is 17.4. The fraction of sp³-hybridized carbons (Fsp3) is 0.533. The highest BCUT2D eigenvalue weighted by atomic mass is 16.3. The second kappa shape index (κ2) is 7.35. The van der Waals surface area contributed by atoms with Gasteiger partial charge in [-0.1, -0.05) is 0 Å². The molecule has 0 saturated carbocycles. The van der Waals surface area contributed by atoms with E-state index >= 15 is 0 Å². The van der Waals surface area contributed by atoms with Crippen LogP contribution < -0.4 is 10.2 Å². The van der Waals surface area contributed by atoms with Crippen molar-refractivity contribution >= 4 is 11.7 Å². The van der Waals surface area contributed by atoms with Crippen LogP contribution in [0.2, 0.25) is 0 Å². The molecule has 2 N–H and O–H groups in total. The first-order chi connectivity index (χ1) is 11.6. The fourth-order valence-corrected chi connectivity index (χ4v) is 2.75. The number of aromatic nitrogens is 5. The van der Waals surface area contributed by atoms with Crippen LogP contribution in [-0.4, -0.2) is 61.0 Å². The van der Waals surface area contributed by atoms with Crippen LogP contribution >= 0.6 is 0 Å². The number of amides is 1. The molecule has 0 aromatic carbocycles. The number of aryl methyl sites for hydroxylation is 1. The van der Waals surface area contributed by atoms with Gasteiger partial charge < -0.3 is 15.3 Å². The fourth-order valence-electron chi connectivity index (χ4n) is 2.75. The zero-order valence-electron chi connectivity index (χ0n) is 13.4. The zero-order valence-corrected chi connectivity index (χ0v) is 13.4. The molecule has 24 heavy (non-hydrogen) atoms. The Morgan fingerprint density at radius 3 is 3.04 bits per heavy atom. The first kappa shape index (κ1) is 16.3. The zero-order chi connectivity index (χ0) is 16.8. The molecule has 0 radical (unpaired) electrons. The molecule has 0 aliphatic carbocycles. The highest BCUT2D eigenvalue weighted by Crippen LogP contribution is 2.24. The molecule has 1 aliphatic heterocycles. The third-order valence-corrected chi connectivity index (χ3v) is 4.08. The molecule has 128 valence electrons. The average molecular weight is 331 g/mol. The Morgan fingerprint density at radius 1 is 1.38 bits per heavy atom. The van der Waals surface area contributed by atoms with Gasteiger partial charge in [-0.3, -0.25) is 14.5 Å². The van der Waals surface area contributed by atoms with Crippen molar-refractivity contribution in [1.29, 1.82) is 0 Å². The Hall–Kier alpha value is -2.55. The monoisotopic (exact) mass is 331 g/mol. The van der Waals surface area contributed by atoms with Crippen molar-refractivity contribution in [1.82, 2.24) is 30.0 Å². The van der Waals surface area contributed by atoms with Crippen molar-refractivity contribution in [3.8, 4) is 0 Å². The van der Waals surface area contributed by atoms with E-state index in [1.54, 1.807) is 29.6 Å². The van der Waals surface area contributed by atoms with Crippen LogP contribution in [0.4, 0.5) is 5.82 Å². The summed E-state index contributed by atoms with van der Waals surface area (Å²) in [7, 11) is 0. The lowest BCUT2D eigenvalue weighted by atomic mass is 10.0. The van der Waals surface area contributed by atoms with Gasteiger partial charge in [-0.05, 0) is 12.8 Å². The normalized spacial score (nSPS) is 20.3. The predicted octanol–water partition coefficient (Wildman–Crippen LogP) is -0.394. The van der Waals surface area contributed by atoms with E-state index in [2.05, 4.69) is 25.4 Å². The van der Waals surface area contributed by atoms with Crippen molar-refractivity contribution in [2.75, 3.05) is 24.5 Å². The molecule has 0 spiro atoms. The minimum atomic E-state index is -0.931. The van der Waals surface area contributed by atoms with Crippen molar-refractivity contribution < 1.29 is 9.90 Å². The number of aliphatic hydroxyl groups is 1. The van der Waals surface area contributed by atoms with Gasteiger partial charge in [0.2, 0.25) is 5.91 Å². The van der Waals surface area contributed by atoms with Crippen LogP contribution in [0.25, 0.3) is 0 Å². The first-order valence-electron chi connectivity index (χ1n) is 7.97. The average Bonchev–Trinajstić information content (AvgIpc) is 3.24. The molecule has 2 aromatic heterocycles. The molecule has 1 fully saturated rings. The second-order valence-electron chi connectivity index (χ2n) is 6.00. The van der Waals surface area contributed by atoms with Gasteiger partial charge in [0.1, 0.15) is 24.1 Å². The number of nitrogens with zero attached hydrogens (tertiary/aromatic N) is 6. The maximum atomic E-state index is 11.9. The predicted molar refractivity (Wildman–Crippen MR) is 86.1 cm³/mol. The maximum Gasteiger partial charge on any atom is 0.220 e. The summed E-state index contributed by atoms with van der Waals surface area (Å²) in [5.74, 6) is 0.675. The summed E-state index contributed by atoms with van der Waals surface area (Å²) in [6.45, 7) is 2.02. The number of hydrogen-bond donors (Lipinski definition) is 2. The topological polar surface area (TPSA) is 109 Å². The lowest BCUT2D eigenvalue weighted by Crippen LogP contribution is -2.45. The van der Waals surface area contributed by atoms with E-state index in [0.717, 1.165) is 5.82 Å². The van der Waals surface area contributed by atoms with Crippen molar-refractivity contribution in [2.45, 2.75) is 31.4 Å². The van der Waals surface area contributed by atoms with E-state index in [1.807, 2.05) is 4.90 Å². The molecular weight excluding hydrogens is 310 g/mol. The maximum absolute atomic E-state index is 11.9. The minimum Gasteiger partial charge on any atom is -0.386 e. The molecule has 3 rings (SSSR count). The second-order valence-corrected chi connectivity index (χ2v) is 6.00. The Bertz CT molecular complexity index is 649. The third kappa shape index (κ3) is 4.25. The van der Waals surface area contributed by atoms with E-state index in [9.17, 15) is 9.90 Å². The van der Waals surface area contributed by atoms with Gasteiger partial charge >= 0.3 is 0 Å². The Balaban J connectivity index is 1.40. The van der Waals surface area contributed by atoms with Gasteiger partial charge in [-0.2, -0.15) is 5.10 Å². The molecule has 0 bridgehead atoms. The number of carbonyl (C=O) groups excluding carboxylic acids is 1. The molecule has 1 saturated heterocycles. The molecule has 9 nitrogen and oxygen atoms in total. The number of nitrogens with one attached hydrogen (secondary N) is 1. The van der Waals surface area contributed by atoms with Crippen molar-refractivity contribution in [2.24, 2.45) is 0 Å². The highest BCUT2D eigenvalue weighted by molar-refractivity contribution is 5.75. The molecule has 1 amide bonds. The van der Waals surface area contributed by atoms with Crippen molar-refractivity contribution in [3.05, 3.63) is 31.2 Å². The number of rotatable bonds is 7. The van der Waals surface area contributed by atoms with Crippen LogP contribution in [0, 0.1) is 0 Å². The highest BCUT2D eigenvalue weighted by Gasteiger charge is 2.36. The van der Waals surface area contributed by atoms with Gasteiger partial charge in [-0.15, -0.1) is 0 Å². The summed E-state index contributed by atoms with van der Waals surface area (Å²) in [5.41, 5.74) is -0.931. The molecular formula is C15H21N7O2. The lowest BCUT2D eigenvalue weighted by molar-refractivity contribution is -0.122. The smallest absolute Gasteiger partial charge is 0.220 e. The number of anilines is 1. The Labute approximate surface area is 139 Å². The van der Waals surface area contributed by atoms with E-state index in [1.165, 1.54) is 6.33 Å². The number of β-amino-alcohol motifs (C(OH)–C–C–N with tert-alkyl or cyclic N) is 1. The largest absolute Gasteiger partial charge is 0.386 e. The summed E-state index contributed by atoms with van der Waals surface area (Å²) in [6, 6.07) is 0. The van der Waals surface area contributed by atoms with Crippen LogP contribution in [0.15, 0.2) is 31.2 Å². The van der Waals surface area contributed by atoms with E-state index in [4.69, 9.17) is 0 Å². The van der Waals surface area contributed by atoms with Gasteiger partial charge in [0.05, 0.1) is 6.20 Å². The standard InChI is InChI=1S/C15H21N7O2/c23-14(2-1-6-22-12-17-11-20-22)19-9-15(24)3-7-21(10-15)13-8-16-4-5-18-13/h4-5,8,11-12,24H,1-3,6-7,9-10H2,(H,19,23)/t15-/m0/s1. The summed E-state index contributed by atoms with van der Waals surface area (Å²) in [4.78, 5) is 26.0. The summed E-state index contributed by atoms with van der Waals surface area (Å²) < 4.78 is 1.69. The molecule has 1 atom stereocenters. The quantitative estimate of drug-likeness (QED) is 0.711. The number of carbonyl (C=O) groups is 1. The number of hydrogen-bond acceptors (Lipinski definition) is 7. The molecule has 1 aliphatic rings. The first-order valence-corrected chi connectivity index (χ1v) is 7.97. The van der Waals surface area contributed by atoms with E-state index in [0.29, 0.717) is 38.9 Å². The Kier molecular flexibility index (Phi) is 4.99. The van der Waals surface area contributed by atoms with Gasteiger partial charge in [0.25, 0.3) is 0 Å². The lowest BCUT2D eigenvalue weighted by Gasteiger charge is -2.24. The summed E-state index contributed by atoms with van der Waals surface area (Å²) in [6.07, 6.45) is 9.67. The van der Waals surface area contributed by atoms with Gasteiger partial charge in [0.15, 0.2) is 0 Å². The summed E-state index contributed by atoms with van der Waals surface area (Å²) >= 11 is 0. The van der Waals surface area contributed by atoms with Crippen LogP contribution in [-0.2, 0) is 11.3 Å². The molecule has 3 heterocycles. The molecule has 0 unspecified atom stereocenters. The SMILES string of the molecule is O=C(CCCn1cncn1)NC[C@@]1(O)CCN(c2cnccn2)C1. The third-order valence-electron chi connectivity index (χ3n) is 4.08. The van der Waals surface area contributed by atoms with Crippen molar-refractivity contribution in [3.63, 3.8) is 0 Å². The van der Waals surface area contributed by atoms with Crippen LogP contribution in [0.1, 0.15) is 19.3 Å². The van der Waals surface area contributed by atoms with Crippen LogP contribution in [0.5, 0.6) is 0 Å². The molecule has 2 aromatic rings. The van der Waals surface area contributed by atoms with Crippen LogP contribution in [0.3, 0.4) is 0 Å².